The van der Waals surface area contributed by atoms with Gasteiger partial charge in [0.05, 0.1) is 0 Å². The highest BCUT2D eigenvalue weighted by Gasteiger charge is 2.24. The summed E-state index contributed by atoms with van der Waals surface area (Å²) >= 11 is 0. The number of hydrogen-bond acceptors (Lipinski definition) is 5. The first-order chi connectivity index (χ1) is 14.1. The summed E-state index contributed by atoms with van der Waals surface area (Å²) in [5.74, 6) is 0.553. The molecule has 0 unspecified atom stereocenters. The molecule has 4 rings (SSSR count). The van der Waals surface area contributed by atoms with E-state index in [1.54, 1.807) is 12.1 Å². The number of carbonyl (C=O) groups excluding carboxylic acids is 1. The standard InChI is InChI=1S/C23H25N5O/c1-17-7-6-10-21(18(17)2)27-13-15-28(16-14-27)23(29)20-11-12-22(26-25-20)24-19-8-4-3-5-9-19/h3-12H,13-16H2,1-2H3,(H,24,26). The zero-order chi connectivity index (χ0) is 20.2. The topological polar surface area (TPSA) is 61.4 Å². The van der Waals surface area contributed by atoms with E-state index < -0.39 is 0 Å². The molecule has 2 heterocycles. The molecule has 1 N–H and O–H groups in total. The van der Waals surface area contributed by atoms with Gasteiger partial charge in [-0.1, -0.05) is 30.3 Å². The lowest BCUT2D eigenvalue weighted by Crippen LogP contribution is -2.49. The number of nitrogens with zero attached hydrogens (tertiary/aromatic N) is 4. The molecule has 148 valence electrons. The van der Waals surface area contributed by atoms with Crippen molar-refractivity contribution in [3.8, 4) is 0 Å². The van der Waals surface area contributed by atoms with E-state index in [-0.39, 0.29) is 5.91 Å². The molecular formula is C23H25N5O. The molecule has 2 aromatic carbocycles. The second-order valence-corrected chi connectivity index (χ2v) is 7.29. The van der Waals surface area contributed by atoms with Crippen LogP contribution in [0.5, 0.6) is 0 Å². The first-order valence-electron chi connectivity index (χ1n) is 9.88. The number of carbonyl (C=O) groups is 1. The summed E-state index contributed by atoms with van der Waals surface area (Å²) in [5, 5.41) is 11.5. The highest BCUT2D eigenvalue weighted by molar-refractivity contribution is 5.92. The van der Waals surface area contributed by atoms with Gasteiger partial charge in [0.1, 0.15) is 0 Å². The number of amides is 1. The molecule has 1 aliphatic heterocycles. The monoisotopic (exact) mass is 387 g/mol. The number of aromatic nitrogens is 2. The number of anilines is 3. The van der Waals surface area contributed by atoms with Crippen LogP contribution in [0, 0.1) is 13.8 Å². The number of nitrogens with one attached hydrogen (secondary N) is 1. The Labute approximate surface area is 171 Å². The van der Waals surface area contributed by atoms with Gasteiger partial charge >= 0.3 is 0 Å². The summed E-state index contributed by atoms with van der Waals surface area (Å²) in [5.41, 5.74) is 5.17. The maximum Gasteiger partial charge on any atom is 0.274 e. The van der Waals surface area contributed by atoms with E-state index in [2.05, 4.69) is 52.5 Å². The highest BCUT2D eigenvalue weighted by Crippen LogP contribution is 2.24. The number of piperazine rings is 1. The van der Waals surface area contributed by atoms with E-state index in [4.69, 9.17) is 0 Å². The molecular weight excluding hydrogens is 362 g/mol. The van der Waals surface area contributed by atoms with Crippen LogP contribution in [0.25, 0.3) is 0 Å². The number of benzene rings is 2. The maximum atomic E-state index is 12.8. The molecule has 0 bridgehead atoms. The van der Waals surface area contributed by atoms with Gasteiger partial charge in [0.2, 0.25) is 0 Å². The molecule has 1 aliphatic rings. The average Bonchev–Trinajstić information content (AvgIpc) is 2.77. The predicted molar refractivity (Wildman–Crippen MR) is 116 cm³/mol. The molecule has 0 radical (unpaired) electrons. The van der Waals surface area contributed by atoms with Crippen LogP contribution in [0.3, 0.4) is 0 Å². The molecule has 6 nitrogen and oxygen atoms in total. The summed E-state index contributed by atoms with van der Waals surface area (Å²) in [6.07, 6.45) is 0. The highest BCUT2D eigenvalue weighted by atomic mass is 16.2. The largest absolute Gasteiger partial charge is 0.368 e. The molecule has 0 aliphatic carbocycles. The first kappa shape index (κ1) is 18.9. The fourth-order valence-corrected chi connectivity index (χ4v) is 3.57. The van der Waals surface area contributed by atoms with E-state index >= 15 is 0 Å². The Hall–Kier alpha value is -3.41. The Morgan fingerprint density at radius 2 is 1.62 bits per heavy atom. The van der Waals surface area contributed by atoms with Gasteiger partial charge in [0.25, 0.3) is 5.91 Å². The lowest BCUT2D eigenvalue weighted by Gasteiger charge is -2.36. The summed E-state index contributed by atoms with van der Waals surface area (Å²) in [7, 11) is 0. The Bertz CT molecular complexity index is 980. The lowest BCUT2D eigenvalue weighted by atomic mass is 10.1. The summed E-state index contributed by atoms with van der Waals surface area (Å²) < 4.78 is 0. The maximum absolute atomic E-state index is 12.8. The number of hydrogen-bond donors (Lipinski definition) is 1. The number of para-hydroxylation sites is 1. The zero-order valence-electron chi connectivity index (χ0n) is 16.8. The Kier molecular flexibility index (Phi) is 5.42. The van der Waals surface area contributed by atoms with Crippen molar-refractivity contribution in [2.45, 2.75) is 13.8 Å². The summed E-state index contributed by atoms with van der Waals surface area (Å²) in [6.45, 7) is 7.28. The third-order valence-electron chi connectivity index (χ3n) is 5.41. The quantitative estimate of drug-likeness (QED) is 0.738. The minimum atomic E-state index is -0.0654. The van der Waals surface area contributed by atoms with E-state index in [0.29, 0.717) is 24.6 Å². The first-order valence-corrected chi connectivity index (χ1v) is 9.88. The summed E-state index contributed by atoms with van der Waals surface area (Å²) in [6, 6.07) is 19.7. The van der Waals surface area contributed by atoms with Crippen molar-refractivity contribution in [3.63, 3.8) is 0 Å². The van der Waals surface area contributed by atoms with Crippen LogP contribution in [0.15, 0.2) is 60.7 Å². The smallest absolute Gasteiger partial charge is 0.274 e. The zero-order valence-corrected chi connectivity index (χ0v) is 16.8. The molecule has 6 heteroatoms. The van der Waals surface area contributed by atoms with Gasteiger partial charge in [-0.25, -0.2) is 0 Å². The van der Waals surface area contributed by atoms with Gasteiger partial charge < -0.3 is 15.1 Å². The van der Waals surface area contributed by atoms with Crippen molar-refractivity contribution >= 4 is 23.1 Å². The SMILES string of the molecule is Cc1cccc(N2CCN(C(=O)c3ccc(Nc4ccccc4)nn3)CC2)c1C. The Morgan fingerprint density at radius 1 is 0.862 bits per heavy atom. The lowest BCUT2D eigenvalue weighted by molar-refractivity contribution is 0.0739. The van der Waals surface area contributed by atoms with Crippen LogP contribution in [-0.2, 0) is 0 Å². The van der Waals surface area contributed by atoms with Gasteiger partial charge in [0, 0.05) is 37.6 Å². The second kappa shape index (κ2) is 8.31. The van der Waals surface area contributed by atoms with Crippen LogP contribution in [0.4, 0.5) is 17.2 Å². The van der Waals surface area contributed by atoms with E-state index in [1.807, 2.05) is 35.2 Å². The van der Waals surface area contributed by atoms with Crippen molar-refractivity contribution in [1.29, 1.82) is 0 Å². The van der Waals surface area contributed by atoms with E-state index in [9.17, 15) is 4.79 Å². The molecule has 0 spiro atoms. The summed E-state index contributed by atoms with van der Waals surface area (Å²) in [4.78, 5) is 17.0. The fraction of sp³-hybridized carbons (Fsp3) is 0.261. The van der Waals surface area contributed by atoms with Gasteiger partial charge in [-0.3, -0.25) is 4.79 Å². The van der Waals surface area contributed by atoms with Crippen LogP contribution < -0.4 is 10.2 Å². The van der Waals surface area contributed by atoms with E-state index in [1.165, 1.54) is 16.8 Å². The number of aryl methyl sites for hydroxylation is 1. The predicted octanol–water partition coefficient (Wildman–Crippen LogP) is 3.80. The molecule has 1 amide bonds. The van der Waals surface area contributed by atoms with E-state index in [0.717, 1.165) is 18.8 Å². The molecule has 29 heavy (non-hydrogen) atoms. The third-order valence-corrected chi connectivity index (χ3v) is 5.41. The van der Waals surface area contributed by atoms with Crippen molar-refractivity contribution < 1.29 is 4.79 Å². The molecule has 1 aromatic heterocycles. The van der Waals surface area contributed by atoms with Crippen molar-refractivity contribution in [2.24, 2.45) is 0 Å². The van der Waals surface area contributed by atoms with Crippen LogP contribution in [0.2, 0.25) is 0 Å². The minimum absolute atomic E-state index is 0.0654. The van der Waals surface area contributed by atoms with Crippen molar-refractivity contribution in [1.82, 2.24) is 15.1 Å². The van der Waals surface area contributed by atoms with Gasteiger partial charge in [-0.05, 0) is 55.3 Å². The third kappa shape index (κ3) is 4.21. The molecule has 0 saturated carbocycles. The normalized spacial score (nSPS) is 14.0. The molecule has 3 aromatic rings. The Morgan fingerprint density at radius 3 is 2.31 bits per heavy atom. The fourth-order valence-electron chi connectivity index (χ4n) is 3.57. The van der Waals surface area contributed by atoms with Crippen molar-refractivity contribution in [3.05, 3.63) is 77.5 Å². The molecule has 0 atom stereocenters. The molecule has 1 fully saturated rings. The van der Waals surface area contributed by atoms with Crippen molar-refractivity contribution in [2.75, 3.05) is 36.4 Å². The second-order valence-electron chi connectivity index (χ2n) is 7.29. The van der Waals surface area contributed by atoms with Gasteiger partial charge in [-0.2, -0.15) is 0 Å². The van der Waals surface area contributed by atoms with Gasteiger partial charge in [0.15, 0.2) is 11.5 Å². The number of rotatable bonds is 4. The minimum Gasteiger partial charge on any atom is -0.368 e. The average molecular weight is 387 g/mol. The molecule has 1 saturated heterocycles. The van der Waals surface area contributed by atoms with Crippen LogP contribution >= 0.6 is 0 Å². The van der Waals surface area contributed by atoms with Crippen LogP contribution in [0.1, 0.15) is 21.6 Å². The van der Waals surface area contributed by atoms with Gasteiger partial charge in [-0.15, -0.1) is 10.2 Å². The Balaban J connectivity index is 1.37. The van der Waals surface area contributed by atoms with Crippen LogP contribution in [-0.4, -0.2) is 47.2 Å².